The van der Waals surface area contributed by atoms with Gasteiger partial charge < -0.3 is 0 Å². The van der Waals surface area contributed by atoms with Crippen molar-refractivity contribution in [3.05, 3.63) is 0 Å². The Kier molecular flexibility index (Phi) is 3.83. The van der Waals surface area contributed by atoms with Gasteiger partial charge in [-0.25, -0.2) is 0 Å². The summed E-state index contributed by atoms with van der Waals surface area (Å²) in [7, 11) is 2.27. The van der Waals surface area contributed by atoms with Crippen LogP contribution in [0.15, 0.2) is 0 Å². The minimum absolute atomic E-state index is 0.238. The molecule has 1 aliphatic rings. The van der Waals surface area contributed by atoms with E-state index in [2.05, 4.69) is 58.4 Å². The molecule has 1 heterocycles. The Balaban J connectivity index is 2.94. The lowest BCUT2D eigenvalue weighted by Crippen LogP contribution is -2.57. The summed E-state index contributed by atoms with van der Waals surface area (Å²) in [6.45, 7) is 16.5. The first kappa shape index (κ1) is 13.0. The summed E-state index contributed by atoms with van der Waals surface area (Å²) in [5.41, 5.74) is 0.238. The maximum absolute atomic E-state index is 2.65. The highest BCUT2D eigenvalue weighted by Crippen LogP contribution is 2.37. The minimum atomic E-state index is 0.238. The molecule has 0 saturated carbocycles. The van der Waals surface area contributed by atoms with Crippen molar-refractivity contribution in [1.29, 1.82) is 0 Å². The van der Waals surface area contributed by atoms with Crippen LogP contribution in [0.5, 0.6) is 0 Å². The maximum Gasteiger partial charge on any atom is 0.0738 e. The van der Waals surface area contributed by atoms with E-state index in [4.69, 9.17) is 0 Å². The molecule has 0 aromatic rings. The Morgan fingerprint density at radius 2 is 1.53 bits per heavy atom. The Morgan fingerprint density at radius 3 is 1.93 bits per heavy atom. The highest BCUT2D eigenvalue weighted by Gasteiger charge is 2.46. The third-order valence-corrected chi connectivity index (χ3v) is 4.52. The normalized spacial score (nSPS) is 31.8. The van der Waals surface area contributed by atoms with Crippen LogP contribution in [0.3, 0.4) is 0 Å². The number of nitrogens with zero attached hydrogens (tertiary/aromatic N) is 2. The van der Waals surface area contributed by atoms with E-state index in [1.807, 2.05) is 0 Å². The molecule has 0 amide bonds. The third-order valence-electron chi connectivity index (χ3n) is 4.52. The van der Waals surface area contributed by atoms with Crippen molar-refractivity contribution in [2.75, 3.05) is 20.1 Å². The molecule has 0 bridgehead atoms. The van der Waals surface area contributed by atoms with Gasteiger partial charge in [-0.2, -0.15) is 0 Å². The average Bonchev–Trinajstić information content (AvgIpc) is 2.43. The minimum Gasteiger partial charge on any atom is -0.287 e. The molecule has 2 heteroatoms. The van der Waals surface area contributed by atoms with Gasteiger partial charge in [-0.05, 0) is 39.7 Å². The first-order chi connectivity index (χ1) is 6.81. The number of likely N-dealkylation sites (N-methyl/N-ethyl adjacent to an activating group) is 1. The van der Waals surface area contributed by atoms with Crippen molar-refractivity contribution in [3.8, 4) is 0 Å². The second-order valence-corrected chi connectivity index (χ2v) is 5.84. The zero-order chi connectivity index (χ0) is 11.8. The monoisotopic (exact) mass is 212 g/mol. The molecule has 0 radical (unpaired) electrons. The zero-order valence-electron chi connectivity index (χ0n) is 11.5. The van der Waals surface area contributed by atoms with Gasteiger partial charge in [0, 0.05) is 19.1 Å². The first-order valence-corrected chi connectivity index (χ1v) is 6.29. The van der Waals surface area contributed by atoms with E-state index in [0.29, 0.717) is 12.0 Å². The summed E-state index contributed by atoms with van der Waals surface area (Å²) in [5.74, 6) is 1.43. The van der Waals surface area contributed by atoms with Crippen LogP contribution in [0.25, 0.3) is 0 Å². The van der Waals surface area contributed by atoms with Crippen LogP contribution in [0, 0.1) is 11.8 Å². The van der Waals surface area contributed by atoms with E-state index in [9.17, 15) is 0 Å². The van der Waals surface area contributed by atoms with Crippen LogP contribution in [-0.4, -0.2) is 41.6 Å². The molecule has 0 N–H and O–H groups in total. The molecule has 0 aliphatic carbocycles. The Hall–Kier alpha value is -0.0800. The molecule has 2 atom stereocenters. The summed E-state index contributed by atoms with van der Waals surface area (Å²) < 4.78 is 0. The lowest BCUT2D eigenvalue weighted by Gasteiger charge is -2.47. The van der Waals surface area contributed by atoms with Crippen LogP contribution in [0.2, 0.25) is 0 Å². The van der Waals surface area contributed by atoms with Gasteiger partial charge in [0.1, 0.15) is 0 Å². The second-order valence-electron chi connectivity index (χ2n) is 5.84. The summed E-state index contributed by atoms with van der Waals surface area (Å²) in [6, 6.07) is 0.640. The molecule has 90 valence electrons. The van der Waals surface area contributed by atoms with E-state index in [1.54, 1.807) is 0 Å². The van der Waals surface area contributed by atoms with Gasteiger partial charge in [-0.1, -0.05) is 20.8 Å². The summed E-state index contributed by atoms with van der Waals surface area (Å²) >= 11 is 0. The van der Waals surface area contributed by atoms with E-state index < -0.39 is 0 Å². The van der Waals surface area contributed by atoms with Crippen molar-refractivity contribution in [2.24, 2.45) is 11.8 Å². The Morgan fingerprint density at radius 1 is 1.00 bits per heavy atom. The summed E-state index contributed by atoms with van der Waals surface area (Å²) in [5, 5.41) is 0. The molecule has 15 heavy (non-hydrogen) atoms. The number of hydrogen-bond acceptors (Lipinski definition) is 2. The van der Waals surface area contributed by atoms with Gasteiger partial charge in [0.05, 0.1) is 5.66 Å². The van der Waals surface area contributed by atoms with Gasteiger partial charge in [-0.3, -0.25) is 9.80 Å². The fourth-order valence-electron chi connectivity index (χ4n) is 2.95. The number of rotatable bonds is 3. The highest BCUT2D eigenvalue weighted by molar-refractivity contribution is 4.97. The lowest BCUT2D eigenvalue weighted by atomic mass is 9.84. The van der Waals surface area contributed by atoms with Crippen LogP contribution >= 0.6 is 0 Å². The highest BCUT2D eigenvalue weighted by atomic mass is 15.5. The van der Waals surface area contributed by atoms with Crippen molar-refractivity contribution >= 4 is 0 Å². The molecule has 1 fully saturated rings. The number of hydrogen-bond donors (Lipinski definition) is 0. The molecular weight excluding hydrogens is 184 g/mol. The van der Waals surface area contributed by atoms with Crippen molar-refractivity contribution < 1.29 is 0 Å². The molecule has 1 aliphatic heterocycles. The molecule has 1 rings (SSSR count). The van der Waals surface area contributed by atoms with Gasteiger partial charge in [-0.15, -0.1) is 0 Å². The SMILES string of the molecule is CC(C)C(C)C1(C)N(C)CCN1C(C)C. The standard InChI is InChI=1S/C13H28N2/c1-10(2)12(5)13(6)14(7)8-9-15(13)11(3)4/h10-12H,8-9H2,1-7H3. The van der Waals surface area contributed by atoms with E-state index >= 15 is 0 Å². The van der Waals surface area contributed by atoms with Gasteiger partial charge in [0.15, 0.2) is 0 Å². The smallest absolute Gasteiger partial charge is 0.0738 e. The first-order valence-electron chi connectivity index (χ1n) is 6.29. The molecule has 0 spiro atoms. The largest absolute Gasteiger partial charge is 0.287 e. The second kappa shape index (κ2) is 4.42. The van der Waals surface area contributed by atoms with E-state index in [1.165, 1.54) is 13.1 Å². The van der Waals surface area contributed by atoms with Gasteiger partial charge >= 0.3 is 0 Å². The van der Waals surface area contributed by atoms with Gasteiger partial charge in [0.2, 0.25) is 0 Å². The van der Waals surface area contributed by atoms with Gasteiger partial charge in [0.25, 0.3) is 0 Å². The van der Waals surface area contributed by atoms with Crippen molar-refractivity contribution in [1.82, 2.24) is 9.80 Å². The van der Waals surface area contributed by atoms with E-state index in [-0.39, 0.29) is 5.66 Å². The molecule has 2 nitrogen and oxygen atoms in total. The van der Waals surface area contributed by atoms with Crippen molar-refractivity contribution in [3.63, 3.8) is 0 Å². The molecule has 2 unspecified atom stereocenters. The molecular formula is C13H28N2. The third kappa shape index (κ3) is 2.07. The quantitative estimate of drug-likeness (QED) is 0.709. The Labute approximate surface area is 95.6 Å². The molecule has 0 aromatic carbocycles. The van der Waals surface area contributed by atoms with Crippen LogP contribution < -0.4 is 0 Å². The van der Waals surface area contributed by atoms with Crippen LogP contribution in [0.4, 0.5) is 0 Å². The van der Waals surface area contributed by atoms with Crippen molar-refractivity contribution in [2.45, 2.75) is 53.2 Å². The summed E-state index contributed by atoms with van der Waals surface area (Å²) in [6.07, 6.45) is 0. The lowest BCUT2D eigenvalue weighted by molar-refractivity contribution is -0.0364. The zero-order valence-corrected chi connectivity index (χ0v) is 11.5. The fraction of sp³-hybridized carbons (Fsp3) is 1.00. The van der Waals surface area contributed by atoms with E-state index in [0.717, 1.165) is 5.92 Å². The predicted molar refractivity (Wildman–Crippen MR) is 66.9 cm³/mol. The summed E-state index contributed by atoms with van der Waals surface area (Å²) in [4.78, 5) is 5.18. The topological polar surface area (TPSA) is 6.48 Å². The molecule has 0 aromatic heterocycles. The Bertz CT molecular complexity index is 213. The fourth-order valence-corrected chi connectivity index (χ4v) is 2.95. The average molecular weight is 212 g/mol. The van der Waals surface area contributed by atoms with Crippen LogP contribution in [-0.2, 0) is 0 Å². The molecule has 1 saturated heterocycles. The van der Waals surface area contributed by atoms with Crippen LogP contribution in [0.1, 0.15) is 41.5 Å². The maximum atomic E-state index is 2.65. The predicted octanol–water partition coefficient (Wildman–Crippen LogP) is 2.65.